The molecule has 0 bridgehead atoms. The molecular weight excluding hydrogens is 509 g/mol. The monoisotopic (exact) mass is 555 g/mol. The minimum Gasteiger partial charge on any atom is -0.479 e. The molecule has 2 aromatic heterocycles. The SMILES string of the molecule is Cc1ncc(-c2cnc(OCC3CCC(C)CC3)c(F)c2)c(N2CCC(C)(C)CC2)c1[C@H](OC(C)(C)C)C(=O)O. The van der Waals surface area contributed by atoms with E-state index in [1.807, 2.05) is 20.8 Å². The lowest BCUT2D eigenvalue weighted by Gasteiger charge is -2.40. The number of hydrogen-bond donors (Lipinski definition) is 1. The van der Waals surface area contributed by atoms with Crippen molar-refractivity contribution in [2.75, 3.05) is 24.6 Å². The van der Waals surface area contributed by atoms with E-state index in [0.717, 1.165) is 50.4 Å². The Bertz CT molecular complexity index is 1190. The summed E-state index contributed by atoms with van der Waals surface area (Å²) in [6, 6.07) is 1.43. The molecule has 1 saturated carbocycles. The molecule has 0 spiro atoms. The van der Waals surface area contributed by atoms with Crippen molar-refractivity contribution in [3.05, 3.63) is 35.5 Å². The van der Waals surface area contributed by atoms with Gasteiger partial charge in [0.05, 0.1) is 17.9 Å². The maximum atomic E-state index is 15.4. The number of anilines is 1. The van der Waals surface area contributed by atoms with E-state index in [0.29, 0.717) is 34.9 Å². The number of carboxylic acids is 1. The molecule has 2 aromatic rings. The number of aromatic nitrogens is 2. The summed E-state index contributed by atoms with van der Waals surface area (Å²) in [5.41, 5.74) is 2.48. The number of hydrogen-bond acceptors (Lipinski definition) is 6. The van der Waals surface area contributed by atoms with Crippen LogP contribution in [0.3, 0.4) is 0 Å². The molecule has 1 aliphatic carbocycles. The predicted octanol–water partition coefficient (Wildman–Crippen LogP) is 7.36. The Balaban J connectivity index is 1.72. The minimum absolute atomic E-state index is 0.00316. The second-order valence-electron chi connectivity index (χ2n) is 13.6. The van der Waals surface area contributed by atoms with Crippen LogP contribution in [0, 0.1) is 30.0 Å². The first-order valence-electron chi connectivity index (χ1n) is 14.7. The molecule has 4 rings (SSSR count). The van der Waals surface area contributed by atoms with Crippen LogP contribution in [0.2, 0.25) is 0 Å². The highest BCUT2D eigenvalue weighted by atomic mass is 19.1. The molecule has 0 radical (unpaired) electrons. The van der Waals surface area contributed by atoms with Crippen molar-refractivity contribution in [2.45, 2.75) is 98.7 Å². The maximum Gasteiger partial charge on any atom is 0.337 e. The molecule has 1 atom stereocenters. The van der Waals surface area contributed by atoms with Crippen LogP contribution in [0.25, 0.3) is 11.1 Å². The normalized spacial score (nSPS) is 22.1. The zero-order chi connectivity index (χ0) is 29.2. The summed E-state index contributed by atoms with van der Waals surface area (Å²) < 4.78 is 27.3. The number of carboxylic acid groups (broad SMARTS) is 1. The lowest BCUT2D eigenvalue weighted by Crippen LogP contribution is -2.39. The average Bonchev–Trinajstić information content (AvgIpc) is 2.87. The molecule has 1 saturated heterocycles. The molecule has 7 nitrogen and oxygen atoms in total. The van der Waals surface area contributed by atoms with Gasteiger partial charge in [0.1, 0.15) is 0 Å². The fraction of sp³-hybridized carbons (Fsp3) is 0.656. The number of aliphatic carboxylic acids is 1. The number of carbonyl (C=O) groups is 1. The van der Waals surface area contributed by atoms with Crippen LogP contribution in [-0.2, 0) is 9.53 Å². The number of aryl methyl sites for hydroxylation is 1. The first-order valence-corrected chi connectivity index (χ1v) is 14.7. The zero-order valence-corrected chi connectivity index (χ0v) is 25.2. The van der Waals surface area contributed by atoms with Crippen molar-refractivity contribution in [3.63, 3.8) is 0 Å². The number of pyridine rings is 2. The summed E-state index contributed by atoms with van der Waals surface area (Å²) in [5.74, 6) is -0.445. The van der Waals surface area contributed by atoms with Gasteiger partial charge in [-0.3, -0.25) is 4.98 Å². The van der Waals surface area contributed by atoms with E-state index in [-0.39, 0.29) is 11.3 Å². The summed E-state index contributed by atoms with van der Waals surface area (Å²) in [6.07, 6.45) is 8.52. The van der Waals surface area contributed by atoms with Gasteiger partial charge in [-0.15, -0.1) is 0 Å². The smallest absolute Gasteiger partial charge is 0.337 e. The van der Waals surface area contributed by atoms with Gasteiger partial charge >= 0.3 is 5.97 Å². The molecular formula is C32H46FN3O4. The third kappa shape index (κ3) is 7.31. The van der Waals surface area contributed by atoms with Gasteiger partial charge in [0, 0.05) is 47.9 Å². The summed E-state index contributed by atoms with van der Waals surface area (Å²) in [4.78, 5) is 23.7. The summed E-state index contributed by atoms with van der Waals surface area (Å²) in [5, 5.41) is 10.3. The van der Waals surface area contributed by atoms with Crippen LogP contribution in [0.15, 0.2) is 18.5 Å². The Hall–Kier alpha value is -2.74. The van der Waals surface area contributed by atoms with Crippen molar-refractivity contribution >= 4 is 11.7 Å². The molecule has 8 heteroatoms. The lowest BCUT2D eigenvalue weighted by atomic mass is 9.82. The highest BCUT2D eigenvalue weighted by Crippen LogP contribution is 2.43. The van der Waals surface area contributed by atoms with Gasteiger partial charge in [-0.1, -0.05) is 33.6 Å². The number of halogens is 1. The van der Waals surface area contributed by atoms with Gasteiger partial charge in [-0.2, -0.15) is 0 Å². The molecule has 0 amide bonds. The third-order valence-corrected chi connectivity index (χ3v) is 8.39. The Labute approximate surface area is 238 Å². The molecule has 1 aliphatic heterocycles. The Morgan fingerprint density at radius 2 is 1.80 bits per heavy atom. The second kappa shape index (κ2) is 12.0. The van der Waals surface area contributed by atoms with E-state index in [9.17, 15) is 9.90 Å². The molecule has 220 valence electrons. The van der Waals surface area contributed by atoms with Crippen molar-refractivity contribution in [1.82, 2.24) is 9.97 Å². The zero-order valence-electron chi connectivity index (χ0n) is 25.2. The van der Waals surface area contributed by atoms with E-state index in [1.165, 1.54) is 18.9 Å². The third-order valence-electron chi connectivity index (χ3n) is 8.39. The molecule has 0 unspecified atom stereocenters. The largest absolute Gasteiger partial charge is 0.479 e. The Morgan fingerprint density at radius 3 is 2.38 bits per heavy atom. The summed E-state index contributed by atoms with van der Waals surface area (Å²) in [7, 11) is 0. The molecule has 2 aliphatic rings. The van der Waals surface area contributed by atoms with E-state index >= 15 is 4.39 Å². The molecule has 2 fully saturated rings. The van der Waals surface area contributed by atoms with Gasteiger partial charge in [-0.05, 0) is 76.7 Å². The molecule has 1 N–H and O–H groups in total. The van der Waals surface area contributed by atoms with Crippen LogP contribution >= 0.6 is 0 Å². The van der Waals surface area contributed by atoms with Gasteiger partial charge < -0.3 is 19.5 Å². The first-order chi connectivity index (χ1) is 18.7. The van der Waals surface area contributed by atoms with Crippen molar-refractivity contribution in [2.24, 2.45) is 17.3 Å². The minimum atomic E-state index is -1.23. The summed E-state index contributed by atoms with van der Waals surface area (Å²) in [6.45, 7) is 16.0. The van der Waals surface area contributed by atoms with E-state index in [4.69, 9.17) is 9.47 Å². The van der Waals surface area contributed by atoms with E-state index in [2.05, 4.69) is 35.6 Å². The quantitative estimate of drug-likeness (QED) is 0.364. The molecule has 40 heavy (non-hydrogen) atoms. The van der Waals surface area contributed by atoms with Crippen molar-refractivity contribution in [3.8, 4) is 17.0 Å². The topological polar surface area (TPSA) is 84.8 Å². The molecule has 0 aromatic carbocycles. The van der Waals surface area contributed by atoms with Crippen LogP contribution in [0.4, 0.5) is 10.1 Å². The van der Waals surface area contributed by atoms with Crippen molar-refractivity contribution in [1.29, 1.82) is 0 Å². The number of piperidine rings is 1. The fourth-order valence-electron chi connectivity index (χ4n) is 5.77. The van der Waals surface area contributed by atoms with E-state index in [1.54, 1.807) is 19.3 Å². The van der Waals surface area contributed by atoms with Crippen LogP contribution in [0.5, 0.6) is 5.88 Å². The van der Waals surface area contributed by atoms with Gasteiger partial charge in [0.2, 0.25) is 5.88 Å². The van der Waals surface area contributed by atoms with Crippen molar-refractivity contribution < 1.29 is 23.8 Å². The first kappa shape index (κ1) is 30.2. The number of nitrogens with zero attached hydrogens (tertiary/aromatic N) is 3. The van der Waals surface area contributed by atoms with Crippen LogP contribution in [-0.4, -0.2) is 46.3 Å². The van der Waals surface area contributed by atoms with Gasteiger partial charge in [0.15, 0.2) is 11.9 Å². The highest BCUT2D eigenvalue weighted by molar-refractivity contribution is 5.86. The number of rotatable bonds is 8. The van der Waals surface area contributed by atoms with E-state index < -0.39 is 23.5 Å². The van der Waals surface area contributed by atoms with Gasteiger partial charge in [-0.25, -0.2) is 14.2 Å². The predicted molar refractivity (Wildman–Crippen MR) is 155 cm³/mol. The van der Waals surface area contributed by atoms with Gasteiger partial charge in [0.25, 0.3) is 0 Å². The Morgan fingerprint density at radius 1 is 1.15 bits per heavy atom. The lowest BCUT2D eigenvalue weighted by molar-refractivity contribution is -0.160. The summed E-state index contributed by atoms with van der Waals surface area (Å²) >= 11 is 0. The fourth-order valence-corrected chi connectivity index (χ4v) is 5.77. The van der Waals surface area contributed by atoms with Crippen LogP contribution in [0.1, 0.15) is 97.4 Å². The second-order valence-corrected chi connectivity index (χ2v) is 13.6. The van der Waals surface area contributed by atoms with Crippen LogP contribution < -0.4 is 9.64 Å². The average molecular weight is 556 g/mol. The maximum absolute atomic E-state index is 15.4. The molecule has 3 heterocycles. The number of ether oxygens (including phenoxy) is 2. The standard InChI is InChI=1S/C32H46FN3O4/c1-20-8-10-22(11-9-20)19-39-29-25(33)16-23(17-35-29)24-18-34-21(2)26(28(30(37)38)40-31(3,4)5)27(24)36-14-12-32(6,7)13-15-36/h16-18,20,22,28H,8-15,19H2,1-7H3,(H,37,38)/t20?,22?,28-/m0/s1. The highest BCUT2D eigenvalue weighted by Gasteiger charge is 2.36. The Kier molecular flexibility index (Phi) is 9.08.